The maximum absolute atomic E-state index is 5.77. The summed E-state index contributed by atoms with van der Waals surface area (Å²) < 4.78 is 5.07. The minimum Gasteiger partial charge on any atom is -0.495 e. The van der Waals surface area contributed by atoms with E-state index in [2.05, 4.69) is 28.1 Å². The second-order valence-electron chi connectivity index (χ2n) is 2.88. The van der Waals surface area contributed by atoms with E-state index < -0.39 is 0 Å². The maximum atomic E-state index is 5.77. The Morgan fingerprint density at radius 1 is 1.50 bits per heavy atom. The van der Waals surface area contributed by atoms with Crippen LogP contribution in [-0.2, 0) is 0 Å². The summed E-state index contributed by atoms with van der Waals surface area (Å²) in [6.07, 6.45) is 5.18. The van der Waals surface area contributed by atoms with Gasteiger partial charge in [-0.15, -0.1) is 0 Å². The molecule has 0 aliphatic carbocycles. The third-order valence-electron chi connectivity index (χ3n) is 1.84. The summed E-state index contributed by atoms with van der Waals surface area (Å²) in [5, 5.41) is 0.981. The summed E-state index contributed by atoms with van der Waals surface area (Å²) in [4.78, 5) is 0. The highest BCUT2D eigenvalue weighted by Crippen LogP contribution is 2.22. The maximum Gasteiger partial charge on any atom is 0.141 e. The second kappa shape index (κ2) is 5.70. The number of allylic oxidation sites excluding steroid dienone is 1. The number of ether oxygens (including phenoxy) is 1. The zero-order valence-corrected chi connectivity index (χ0v) is 9.75. The third-order valence-corrected chi connectivity index (χ3v) is 2.30. The Labute approximate surface area is 92.9 Å². The Morgan fingerprint density at radius 2 is 2.29 bits per heavy atom. The molecule has 2 nitrogen and oxygen atoms in total. The number of hydrogen-bond donors (Lipinski definition) is 1. The standard InChI is InChI=1S/C11H14BrNO/c1-14-11-6-5-9(8-10(11)13)4-2-3-7-12/h2,4-6,8H,3,7,13H2,1H3. The number of alkyl halides is 1. The van der Waals surface area contributed by atoms with Gasteiger partial charge in [-0.05, 0) is 24.1 Å². The summed E-state index contributed by atoms with van der Waals surface area (Å²) in [7, 11) is 1.62. The number of methoxy groups -OCH3 is 1. The average Bonchev–Trinajstić information content (AvgIpc) is 2.18. The molecule has 0 aliphatic rings. The normalized spacial score (nSPS) is 10.7. The number of anilines is 1. The summed E-state index contributed by atoms with van der Waals surface area (Å²) >= 11 is 3.36. The SMILES string of the molecule is COc1ccc(C=CCCBr)cc1N. The van der Waals surface area contributed by atoms with E-state index in [1.165, 1.54) is 0 Å². The molecule has 0 aliphatic heterocycles. The molecule has 76 valence electrons. The van der Waals surface area contributed by atoms with Crippen LogP contribution in [-0.4, -0.2) is 12.4 Å². The van der Waals surface area contributed by atoms with E-state index in [0.29, 0.717) is 5.69 Å². The lowest BCUT2D eigenvalue weighted by atomic mass is 10.1. The van der Waals surface area contributed by atoms with Gasteiger partial charge in [-0.25, -0.2) is 0 Å². The fraction of sp³-hybridized carbons (Fsp3) is 0.273. The number of hydrogen-bond acceptors (Lipinski definition) is 2. The molecule has 0 unspecified atom stereocenters. The van der Waals surface area contributed by atoms with E-state index in [1.807, 2.05) is 18.2 Å². The molecule has 0 radical (unpaired) electrons. The van der Waals surface area contributed by atoms with E-state index in [1.54, 1.807) is 7.11 Å². The van der Waals surface area contributed by atoms with E-state index in [9.17, 15) is 0 Å². The zero-order valence-electron chi connectivity index (χ0n) is 8.16. The number of nitrogen functional groups attached to an aromatic ring is 1. The van der Waals surface area contributed by atoms with Crippen molar-refractivity contribution in [1.29, 1.82) is 0 Å². The average molecular weight is 256 g/mol. The van der Waals surface area contributed by atoms with Crippen LogP contribution in [0.5, 0.6) is 5.75 Å². The Kier molecular flexibility index (Phi) is 4.53. The first kappa shape index (κ1) is 11.1. The molecule has 0 fully saturated rings. The molecular formula is C11H14BrNO. The fourth-order valence-electron chi connectivity index (χ4n) is 1.14. The first-order valence-corrected chi connectivity index (χ1v) is 5.56. The molecular weight excluding hydrogens is 242 g/mol. The van der Waals surface area contributed by atoms with Gasteiger partial charge in [0.2, 0.25) is 0 Å². The lowest BCUT2D eigenvalue weighted by Gasteiger charge is -2.04. The number of rotatable bonds is 4. The largest absolute Gasteiger partial charge is 0.495 e. The Balaban J connectivity index is 2.76. The van der Waals surface area contributed by atoms with Crippen molar-refractivity contribution in [3.05, 3.63) is 29.8 Å². The van der Waals surface area contributed by atoms with Crippen LogP contribution in [0, 0.1) is 0 Å². The van der Waals surface area contributed by atoms with Crippen molar-refractivity contribution in [1.82, 2.24) is 0 Å². The summed E-state index contributed by atoms with van der Waals surface area (Å²) in [6.45, 7) is 0. The van der Waals surface area contributed by atoms with Crippen LogP contribution in [0.25, 0.3) is 6.08 Å². The van der Waals surface area contributed by atoms with E-state index in [4.69, 9.17) is 10.5 Å². The van der Waals surface area contributed by atoms with Crippen LogP contribution >= 0.6 is 15.9 Å². The zero-order chi connectivity index (χ0) is 10.4. The molecule has 1 rings (SSSR count). The molecule has 0 saturated carbocycles. The first-order valence-electron chi connectivity index (χ1n) is 4.44. The van der Waals surface area contributed by atoms with Gasteiger partial charge < -0.3 is 10.5 Å². The van der Waals surface area contributed by atoms with Crippen molar-refractivity contribution < 1.29 is 4.74 Å². The minimum absolute atomic E-state index is 0.675. The highest BCUT2D eigenvalue weighted by atomic mass is 79.9. The molecule has 0 aromatic heterocycles. The molecule has 0 spiro atoms. The van der Waals surface area contributed by atoms with Crippen molar-refractivity contribution in [2.75, 3.05) is 18.2 Å². The van der Waals surface area contributed by atoms with Crippen molar-refractivity contribution in [2.24, 2.45) is 0 Å². The van der Waals surface area contributed by atoms with Gasteiger partial charge in [0, 0.05) is 5.33 Å². The molecule has 3 heteroatoms. The molecule has 14 heavy (non-hydrogen) atoms. The minimum atomic E-state index is 0.675. The molecule has 0 saturated heterocycles. The Hall–Kier alpha value is -0.960. The van der Waals surface area contributed by atoms with Crippen molar-refractivity contribution >= 4 is 27.7 Å². The molecule has 2 N–H and O–H groups in total. The van der Waals surface area contributed by atoms with Crippen LogP contribution in [0.4, 0.5) is 5.69 Å². The van der Waals surface area contributed by atoms with Crippen LogP contribution in [0.3, 0.4) is 0 Å². The Morgan fingerprint density at radius 3 is 2.86 bits per heavy atom. The summed E-state index contributed by atoms with van der Waals surface area (Å²) in [5.41, 5.74) is 7.54. The quantitative estimate of drug-likeness (QED) is 0.663. The van der Waals surface area contributed by atoms with Crippen molar-refractivity contribution in [2.45, 2.75) is 6.42 Å². The first-order chi connectivity index (χ1) is 6.77. The van der Waals surface area contributed by atoms with E-state index >= 15 is 0 Å². The Bertz CT molecular complexity index is 323. The number of halogens is 1. The van der Waals surface area contributed by atoms with E-state index in [0.717, 1.165) is 23.1 Å². The van der Waals surface area contributed by atoms with Gasteiger partial charge in [0.1, 0.15) is 5.75 Å². The van der Waals surface area contributed by atoms with Crippen LogP contribution in [0.1, 0.15) is 12.0 Å². The van der Waals surface area contributed by atoms with Gasteiger partial charge in [0.15, 0.2) is 0 Å². The molecule has 0 bridgehead atoms. The molecule has 0 amide bonds. The predicted molar refractivity (Wildman–Crippen MR) is 64.9 cm³/mol. The summed E-state index contributed by atoms with van der Waals surface area (Å²) in [6, 6.07) is 5.77. The lowest BCUT2D eigenvalue weighted by Crippen LogP contribution is -1.92. The molecule has 0 heterocycles. The van der Waals surface area contributed by atoms with Gasteiger partial charge in [0.25, 0.3) is 0 Å². The predicted octanol–water partition coefficient (Wildman–Crippen LogP) is 3.08. The number of benzene rings is 1. The molecule has 1 aromatic rings. The highest BCUT2D eigenvalue weighted by Gasteiger charge is 1.97. The topological polar surface area (TPSA) is 35.2 Å². The van der Waals surface area contributed by atoms with Gasteiger partial charge in [-0.3, -0.25) is 0 Å². The van der Waals surface area contributed by atoms with Gasteiger partial charge in [0.05, 0.1) is 12.8 Å². The van der Waals surface area contributed by atoms with E-state index in [-0.39, 0.29) is 0 Å². The smallest absolute Gasteiger partial charge is 0.141 e. The van der Waals surface area contributed by atoms with Crippen molar-refractivity contribution in [3.8, 4) is 5.75 Å². The van der Waals surface area contributed by atoms with Crippen LogP contribution in [0.15, 0.2) is 24.3 Å². The second-order valence-corrected chi connectivity index (χ2v) is 3.67. The van der Waals surface area contributed by atoms with Gasteiger partial charge in [-0.1, -0.05) is 34.1 Å². The monoisotopic (exact) mass is 255 g/mol. The highest BCUT2D eigenvalue weighted by molar-refractivity contribution is 9.09. The van der Waals surface area contributed by atoms with Gasteiger partial charge in [-0.2, -0.15) is 0 Å². The van der Waals surface area contributed by atoms with Crippen LogP contribution in [0.2, 0.25) is 0 Å². The number of nitrogens with two attached hydrogens (primary N) is 1. The fourth-order valence-corrected chi connectivity index (χ4v) is 1.40. The molecule has 1 aromatic carbocycles. The lowest BCUT2D eigenvalue weighted by molar-refractivity contribution is 0.417. The van der Waals surface area contributed by atoms with Gasteiger partial charge >= 0.3 is 0 Å². The summed E-state index contributed by atoms with van der Waals surface area (Å²) in [5.74, 6) is 0.725. The molecule has 0 atom stereocenters. The van der Waals surface area contributed by atoms with Crippen molar-refractivity contribution in [3.63, 3.8) is 0 Å². The third kappa shape index (κ3) is 3.07. The van der Waals surface area contributed by atoms with Crippen LogP contribution < -0.4 is 10.5 Å².